The average Bonchev–Trinajstić information content (AvgIpc) is 2.57. The lowest BCUT2D eigenvalue weighted by molar-refractivity contribution is 0.630. The van der Waals surface area contributed by atoms with E-state index in [1.807, 2.05) is 18.2 Å². The first-order valence-corrected chi connectivity index (χ1v) is 8.05. The minimum atomic E-state index is -0.348. The fourth-order valence-electron chi connectivity index (χ4n) is 2.47. The number of hydrogen-bond acceptors (Lipinski definition) is 3. The number of nitrogens with zero attached hydrogens (tertiary/aromatic N) is 2. The molecule has 0 atom stereocenters. The first-order chi connectivity index (χ1) is 11.5. The van der Waals surface area contributed by atoms with E-state index in [-0.39, 0.29) is 11.7 Å². The number of benzene rings is 1. The maximum Gasteiger partial charge on any atom is 0.132 e. The predicted molar refractivity (Wildman–Crippen MR) is 96.2 cm³/mol. The molecular weight excluding hydrogens is 325 g/mol. The maximum absolute atomic E-state index is 14.1. The van der Waals surface area contributed by atoms with Gasteiger partial charge in [0.2, 0.25) is 0 Å². The fourth-order valence-corrected chi connectivity index (χ4v) is 2.64. The Hall–Kier alpha value is -2.46. The normalized spacial score (nSPS) is 10.9. The van der Waals surface area contributed by atoms with Crippen LogP contribution in [0, 0.1) is 5.82 Å². The number of halogens is 2. The molecule has 3 nitrogen and oxygen atoms in total. The van der Waals surface area contributed by atoms with Crippen LogP contribution in [0.15, 0.2) is 55.0 Å². The van der Waals surface area contributed by atoms with Crippen molar-refractivity contribution in [2.45, 2.75) is 19.8 Å². The lowest BCUT2D eigenvalue weighted by atomic mass is 10.0. The lowest BCUT2D eigenvalue weighted by Crippen LogP contribution is -2.01. The van der Waals surface area contributed by atoms with Crippen LogP contribution in [-0.2, 0) is 0 Å². The summed E-state index contributed by atoms with van der Waals surface area (Å²) < 4.78 is 14.1. The van der Waals surface area contributed by atoms with Gasteiger partial charge in [0.25, 0.3) is 0 Å². The maximum atomic E-state index is 14.1. The van der Waals surface area contributed by atoms with Crippen LogP contribution in [0.25, 0.3) is 11.3 Å². The molecule has 0 bridgehead atoms. The van der Waals surface area contributed by atoms with Crippen molar-refractivity contribution in [3.05, 3.63) is 71.4 Å². The largest absolute Gasteiger partial charge is 0.355 e. The summed E-state index contributed by atoms with van der Waals surface area (Å²) in [4.78, 5) is 8.44. The van der Waals surface area contributed by atoms with E-state index >= 15 is 0 Å². The highest BCUT2D eigenvalue weighted by atomic mass is 35.5. The van der Waals surface area contributed by atoms with Crippen molar-refractivity contribution in [1.82, 2.24) is 9.97 Å². The molecule has 0 fully saturated rings. The van der Waals surface area contributed by atoms with E-state index in [2.05, 4.69) is 29.1 Å². The van der Waals surface area contributed by atoms with Crippen molar-refractivity contribution in [2.75, 3.05) is 5.32 Å². The fraction of sp³-hybridized carbons (Fsp3) is 0.158. The molecule has 5 heteroatoms. The van der Waals surface area contributed by atoms with Crippen molar-refractivity contribution in [3.8, 4) is 11.3 Å². The van der Waals surface area contributed by atoms with Gasteiger partial charge < -0.3 is 5.32 Å². The van der Waals surface area contributed by atoms with Crippen LogP contribution < -0.4 is 5.32 Å². The molecule has 0 aliphatic rings. The Kier molecular flexibility index (Phi) is 4.76. The van der Waals surface area contributed by atoms with Gasteiger partial charge in [0.1, 0.15) is 5.82 Å². The van der Waals surface area contributed by atoms with Crippen molar-refractivity contribution in [3.63, 3.8) is 0 Å². The Balaban J connectivity index is 2.07. The molecule has 0 saturated carbocycles. The molecule has 3 aromatic rings. The van der Waals surface area contributed by atoms with Crippen LogP contribution >= 0.6 is 11.6 Å². The van der Waals surface area contributed by atoms with Gasteiger partial charge in [-0.15, -0.1) is 0 Å². The van der Waals surface area contributed by atoms with Gasteiger partial charge in [-0.25, -0.2) is 4.39 Å². The van der Waals surface area contributed by atoms with Crippen LogP contribution in [0.5, 0.6) is 0 Å². The predicted octanol–water partition coefficient (Wildman–Crippen LogP) is 5.80. The smallest absolute Gasteiger partial charge is 0.132 e. The number of aromatic nitrogens is 2. The highest BCUT2D eigenvalue weighted by molar-refractivity contribution is 6.30. The van der Waals surface area contributed by atoms with E-state index < -0.39 is 0 Å². The second-order valence-corrected chi connectivity index (χ2v) is 6.23. The molecule has 0 aliphatic heterocycles. The van der Waals surface area contributed by atoms with E-state index in [0.29, 0.717) is 16.3 Å². The van der Waals surface area contributed by atoms with E-state index in [4.69, 9.17) is 11.6 Å². The van der Waals surface area contributed by atoms with E-state index in [0.717, 1.165) is 16.9 Å². The molecule has 24 heavy (non-hydrogen) atoms. The van der Waals surface area contributed by atoms with Crippen LogP contribution in [0.1, 0.15) is 25.3 Å². The molecule has 1 aromatic carbocycles. The summed E-state index contributed by atoms with van der Waals surface area (Å²) >= 11 is 6.00. The van der Waals surface area contributed by atoms with Gasteiger partial charge in [0.15, 0.2) is 0 Å². The summed E-state index contributed by atoms with van der Waals surface area (Å²) in [5.74, 6) is -0.0702. The van der Waals surface area contributed by atoms with Gasteiger partial charge >= 0.3 is 0 Å². The minimum Gasteiger partial charge on any atom is -0.355 e. The Morgan fingerprint density at radius 2 is 1.83 bits per heavy atom. The zero-order valence-electron chi connectivity index (χ0n) is 13.4. The summed E-state index contributed by atoms with van der Waals surface area (Å²) in [6, 6.07) is 10.1. The second kappa shape index (κ2) is 6.97. The third kappa shape index (κ3) is 3.54. The van der Waals surface area contributed by atoms with Crippen molar-refractivity contribution in [1.29, 1.82) is 0 Å². The Morgan fingerprint density at radius 3 is 2.54 bits per heavy atom. The van der Waals surface area contributed by atoms with Gasteiger partial charge in [-0.3, -0.25) is 9.97 Å². The number of nitrogens with one attached hydrogen (secondary N) is 1. The number of hydrogen-bond donors (Lipinski definition) is 1. The molecule has 0 aliphatic carbocycles. The van der Waals surface area contributed by atoms with Gasteiger partial charge in [-0.1, -0.05) is 25.4 Å². The van der Waals surface area contributed by atoms with E-state index in [1.54, 1.807) is 24.7 Å². The summed E-state index contributed by atoms with van der Waals surface area (Å²) in [6.07, 6.45) is 5.22. The Bertz CT molecular complexity index is 850. The zero-order valence-corrected chi connectivity index (χ0v) is 14.2. The molecule has 2 heterocycles. The second-order valence-electron chi connectivity index (χ2n) is 5.80. The molecule has 0 radical (unpaired) electrons. The van der Waals surface area contributed by atoms with Gasteiger partial charge in [-0.05, 0) is 47.9 Å². The average molecular weight is 342 g/mol. The van der Waals surface area contributed by atoms with Crippen LogP contribution in [0.4, 0.5) is 15.8 Å². The van der Waals surface area contributed by atoms with Crippen molar-refractivity contribution < 1.29 is 4.39 Å². The van der Waals surface area contributed by atoms with E-state index in [9.17, 15) is 4.39 Å². The molecule has 122 valence electrons. The topological polar surface area (TPSA) is 37.8 Å². The highest BCUT2D eigenvalue weighted by Gasteiger charge is 2.13. The van der Waals surface area contributed by atoms with Crippen LogP contribution in [0.2, 0.25) is 5.02 Å². The molecule has 0 saturated heterocycles. The highest BCUT2D eigenvalue weighted by Crippen LogP contribution is 2.32. The minimum absolute atomic E-state index is 0.278. The quantitative estimate of drug-likeness (QED) is 0.651. The third-order valence-corrected chi connectivity index (χ3v) is 3.96. The Morgan fingerprint density at radius 1 is 1.08 bits per heavy atom. The molecule has 0 spiro atoms. The summed E-state index contributed by atoms with van der Waals surface area (Å²) in [6.45, 7) is 4.18. The third-order valence-electron chi connectivity index (χ3n) is 3.72. The first-order valence-electron chi connectivity index (χ1n) is 7.67. The molecule has 1 N–H and O–H groups in total. The molecular formula is C19H17ClFN3. The van der Waals surface area contributed by atoms with Crippen molar-refractivity contribution >= 4 is 23.0 Å². The molecule has 0 unspecified atom stereocenters. The summed E-state index contributed by atoms with van der Waals surface area (Å²) in [7, 11) is 0. The first kappa shape index (κ1) is 16.4. The standard InChI is InChI=1S/C19H17ClFN3/c1-12(2)16-11-23-18(15-9-13(20)3-4-17(15)21)10-19(16)24-14-5-7-22-8-6-14/h3-12H,1-2H3,(H,22,23,24). The molecule has 2 aromatic heterocycles. The lowest BCUT2D eigenvalue weighted by Gasteiger charge is -2.16. The summed E-state index contributed by atoms with van der Waals surface area (Å²) in [5.41, 5.74) is 3.78. The van der Waals surface area contributed by atoms with E-state index in [1.165, 1.54) is 12.1 Å². The van der Waals surface area contributed by atoms with Crippen LogP contribution in [0.3, 0.4) is 0 Å². The monoisotopic (exact) mass is 341 g/mol. The number of pyridine rings is 2. The summed E-state index contributed by atoms with van der Waals surface area (Å²) in [5, 5.41) is 3.84. The molecule has 3 rings (SSSR count). The van der Waals surface area contributed by atoms with Crippen molar-refractivity contribution in [2.24, 2.45) is 0 Å². The zero-order chi connectivity index (χ0) is 17.1. The Labute approximate surface area is 145 Å². The SMILES string of the molecule is CC(C)c1cnc(-c2cc(Cl)ccc2F)cc1Nc1ccncc1. The number of anilines is 2. The van der Waals surface area contributed by atoms with Gasteiger partial charge in [0, 0.05) is 40.6 Å². The van der Waals surface area contributed by atoms with Gasteiger partial charge in [-0.2, -0.15) is 0 Å². The molecule has 0 amide bonds. The number of rotatable bonds is 4. The van der Waals surface area contributed by atoms with Gasteiger partial charge in [0.05, 0.1) is 5.69 Å². The van der Waals surface area contributed by atoms with Crippen LogP contribution in [-0.4, -0.2) is 9.97 Å².